The standard InChI is InChI=1S/C28H31N5O2/c1-19(2)25-18-27(33(32-25)26-10-5-20(3)17-21(26)4)31-28(34)30-23-6-8-24(9-7-23)35-16-13-22-11-14-29-15-12-22/h5-12,14-15,17-19H,13,16H2,1-4H3,(H2,30,31,34). The molecule has 2 aromatic heterocycles. The van der Waals surface area contributed by atoms with Gasteiger partial charge >= 0.3 is 6.03 Å². The Morgan fingerprint density at radius 1 is 0.971 bits per heavy atom. The van der Waals surface area contributed by atoms with E-state index in [4.69, 9.17) is 9.84 Å². The maximum Gasteiger partial charge on any atom is 0.324 e. The van der Waals surface area contributed by atoms with E-state index in [0.717, 1.165) is 29.1 Å². The molecule has 7 heteroatoms. The van der Waals surface area contributed by atoms with Gasteiger partial charge in [-0.1, -0.05) is 31.5 Å². The van der Waals surface area contributed by atoms with Crippen molar-refractivity contribution >= 4 is 17.5 Å². The summed E-state index contributed by atoms with van der Waals surface area (Å²) in [5, 5.41) is 10.6. The van der Waals surface area contributed by atoms with E-state index >= 15 is 0 Å². The van der Waals surface area contributed by atoms with E-state index in [1.807, 2.05) is 61.5 Å². The van der Waals surface area contributed by atoms with Crippen LogP contribution in [0, 0.1) is 13.8 Å². The van der Waals surface area contributed by atoms with Gasteiger partial charge in [-0.2, -0.15) is 5.10 Å². The van der Waals surface area contributed by atoms with Crippen LogP contribution in [0.15, 0.2) is 73.1 Å². The molecule has 0 saturated heterocycles. The zero-order valence-electron chi connectivity index (χ0n) is 20.6. The lowest BCUT2D eigenvalue weighted by Gasteiger charge is -2.13. The Morgan fingerprint density at radius 2 is 1.71 bits per heavy atom. The molecule has 0 bridgehead atoms. The van der Waals surface area contributed by atoms with Gasteiger partial charge in [0.25, 0.3) is 0 Å². The predicted octanol–water partition coefficient (Wildman–Crippen LogP) is 6.27. The highest BCUT2D eigenvalue weighted by Crippen LogP contribution is 2.25. The van der Waals surface area contributed by atoms with E-state index in [-0.39, 0.29) is 11.9 Å². The van der Waals surface area contributed by atoms with Gasteiger partial charge in [-0.25, -0.2) is 9.48 Å². The molecule has 0 spiro atoms. The Kier molecular flexibility index (Phi) is 7.45. The molecule has 0 aliphatic carbocycles. The fourth-order valence-electron chi connectivity index (χ4n) is 3.75. The molecule has 4 rings (SSSR count). The summed E-state index contributed by atoms with van der Waals surface area (Å²) in [6.07, 6.45) is 4.36. The molecular weight excluding hydrogens is 438 g/mol. The van der Waals surface area contributed by atoms with Gasteiger partial charge < -0.3 is 10.1 Å². The number of aryl methyl sites for hydroxylation is 2. The molecule has 2 N–H and O–H groups in total. The van der Waals surface area contributed by atoms with E-state index < -0.39 is 0 Å². The number of aromatic nitrogens is 3. The first-order valence-corrected chi connectivity index (χ1v) is 11.8. The van der Waals surface area contributed by atoms with Crippen molar-refractivity contribution in [3.05, 3.63) is 95.4 Å². The zero-order chi connectivity index (χ0) is 24.8. The highest BCUT2D eigenvalue weighted by Gasteiger charge is 2.16. The fraction of sp³-hybridized carbons (Fsp3) is 0.250. The molecule has 2 aromatic carbocycles. The van der Waals surface area contributed by atoms with Gasteiger partial charge in [0.05, 0.1) is 18.0 Å². The Labute approximate surface area is 206 Å². The number of pyridine rings is 1. The van der Waals surface area contributed by atoms with Crippen LogP contribution in [0.1, 0.15) is 42.1 Å². The smallest absolute Gasteiger partial charge is 0.324 e. The number of urea groups is 1. The SMILES string of the molecule is Cc1ccc(-n2nc(C(C)C)cc2NC(=O)Nc2ccc(OCCc3ccncc3)cc2)c(C)c1. The lowest BCUT2D eigenvalue weighted by Crippen LogP contribution is -2.21. The number of carbonyl (C=O) groups excluding carboxylic acids is 1. The van der Waals surface area contributed by atoms with Gasteiger partial charge in [-0.15, -0.1) is 0 Å². The number of ether oxygens (including phenoxy) is 1. The molecule has 0 unspecified atom stereocenters. The molecule has 35 heavy (non-hydrogen) atoms. The summed E-state index contributed by atoms with van der Waals surface area (Å²) in [5.41, 5.74) is 5.96. The third kappa shape index (κ3) is 6.26. The number of anilines is 2. The summed E-state index contributed by atoms with van der Waals surface area (Å²) < 4.78 is 7.61. The van der Waals surface area contributed by atoms with Crippen LogP contribution < -0.4 is 15.4 Å². The van der Waals surface area contributed by atoms with Crippen LogP contribution in [0.25, 0.3) is 5.69 Å². The van der Waals surface area contributed by atoms with E-state index in [1.165, 1.54) is 11.1 Å². The molecule has 0 aliphatic rings. The highest BCUT2D eigenvalue weighted by atomic mass is 16.5. The second-order valence-electron chi connectivity index (χ2n) is 8.87. The van der Waals surface area contributed by atoms with Crippen LogP contribution in [-0.2, 0) is 6.42 Å². The zero-order valence-corrected chi connectivity index (χ0v) is 20.6. The molecule has 0 radical (unpaired) electrons. The minimum absolute atomic E-state index is 0.233. The number of carbonyl (C=O) groups is 1. The summed E-state index contributed by atoms with van der Waals surface area (Å²) in [5.74, 6) is 1.60. The summed E-state index contributed by atoms with van der Waals surface area (Å²) >= 11 is 0. The normalized spacial score (nSPS) is 10.9. The second kappa shape index (κ2) is 10.9. The lowest BCUT2D eigenvalue weighted by atomic mass is 10.1. The molecule has 180 valence electrons. The first kappa shape index (κ1) is 24.0. The van der Waals surface area contributed by atoms with E-state index in [1.54, 1.807) is 17.1 Å². The highest BCUT2D eigenvalue weighted by molar-refractivity contribution is 5.99. The first-order valence-electron chi connectivity index (χ1n) is 11.8. The molecule has 2 amide bonds. The average Bonchev–Trinajstić information content (AvgIpc) is 3.24. The Hall–Kier alpha value is -4.13. The average molecular weight is 470 g/mol. The molecular formula is C28H31N5O2. The summed E-state index contributed by atoms with van der Waals surface area (Å²) in [6, 6.07) is 19.1. The molecule has 0 fully saturated rings. The quantitative estimate of drug-likeness (QED) is 0.319. The summed E-state index contributed by atoms with van der Waals surface area (Å²) in [4.78, 5) is 16.8. The Bertz CT molecular complexity index is 1280. The molecule has 0 aliphatic heterocycles. The van der Waals surface area contributed by atoms with Crippen molar-refractivity contribution in [2.75, 3.05) is 17.2 Å². The monoisotopic (exact) mass is 469 g/mol. The number of nitrogens with one attached hydrogen (secondary N) is 2. The van der Waals surface area contributed by atoms with Gasteiger partial charge in [0.2, 0.25) is 0 Å². The van der Waals surface area contributed by atoms with Crippen LogP contribution in [0.3, 0.4) is 0 Å². The number of hydrogen-bond donors (Lipinski definition) is 2. The number of nitrogens with zero attached hydrogens (tertiary/aromatic N) is 3. The van der Waals surface area contributed by atoms with Crippen molar-refractivity contribution in [1.29, 1.82) is 0 Å². The molecule has 0 saturated carbocycles. The number of rotatable bonds is 8. The minimum Gasteiger partial charge on any atom is -0.493 e. The fourth-order valence-corrected chi connectivity index (χ4v) is 3.75. The van der Waals surface area contributed by atoms with Crippen LogP contribution in [-0.4, -0.2) is 27.4 Å². The number of amides is 2. The largest absolute Gasteiger partial charge is 0.493 e. The first-order chi connectivity index (χ1) is 16.9. The van der Waals surface area contributed by atoms with Crippen LogP contribution in [0.2, 0.25) is 0 Å². The van der Waals surface area contributed by atoms with Crippen molar-refractivity contribution in [3.63, 3.8) is 0 Å². The molecule has 0 atom stereocenters. The third-order valence-corrected chi connectivity index (χ3v) is 5.66. The van der Waals surface area contributed by atoms with Crippen molar-refractivity contribution in [2.24, 2.45) is 0 Å². The third-order valence-electron chi connectivity index (χ3n) is 5.66. The van der Waals surface area contributed by atoms with Crippen molar-refractivity contribution < 1.29 is 9.53 Å². The summed E-state index contributed by atoms with van der Waals surface area (Å²) in [7, 11) is 0. The lowest BCUT2D eigenvalue weighted by molar-refractivity contribution is 0.262. The van der Waals surface area contributed by atoms with Gasteiger partial charge in [-0.3, -0.25) is 10.3 Å². The van der Waals surface area contributed by atoms with Crippen molar-refractivity contribution in [1.82, 2.24) is 14.8 Å². The predicted molar refractivity (Wildman–Crippen MR) is 140 cm³/mol. The number of benzene rings is 2. The molecule has 4 aromatic rings. The van der Waals surface area contributed by atoms with Crippen molar-refractivity contribution in [2.45, 2.75) is 40.0 Å². The second-order valence-corrected chi connectivity index (χ2v) is 8.87. The molecule has 7 nitrogen and oxygen atoms in total. The minimum atomic E-state index is -0.336. The summed E-state index contributed by atoms with van der Waals surface area (Å²) in [6.45, 7) is 8.84. The van der Waals surface area contributed by atoms with Gasteiger partial charge in [0, 0.05) is 30.6 Å². The molecule has 2 heterocycles. The van der Waals surface area contributed by atoms with Crippen molar-refractivity contribution in [3.8, 4) is 11.4 Å². The maximum atomic E-state index is 12.8. The van der Waals surface area contributed by atoms with Crippen LogP contribution in [0.5, 0.6) is 5.75 Å². The van der Waals surface area contributed by atoms with Gasteiger partial charge in [0.15, 0.2) is 0 Å². The maximum absolute atomic E-state index is 12.8. The van der Waals surface area contributed by atoms with E-state index in [9.17, 15) is 4.79 Å². The van der Waals surface area contributed by atoms with Crippen LogP contribution in [0.4, 0.5) is 16.3 Å². The topological polar surface area (TPSA) is 81.1 Å². The van der Waals surface area contributed by atoms with Gasteiger partial charge in [0.1, 0.15) is 11.6 Å². The Morgan fingerprint density at radius 3 is 2.40 bits per heavy atom. The van der Waals surface area contributed by atoms with E-state index in [2.05, 4.69) is 42.5 Å². The Balaban J connectivity index is 1.40. The number of hydrogen-bond acceptors (Lipinski definition) is 4. The van der Waals surface area contributed by atoms with Gasteiger partial charge in [-0.05, 0) is 73.4 Å². The van der Waals surface area contributed by atoms with E-state index in [0.29, 0.717) is 18.1 Å². The van der Waals surface area contributed by atoms with Crippen LogP contribution >= 0.6 is 0 Å².